The molecule has 2 heterocycles. The number of esters is 1. The Kier molecular flexibility index (Phi) is 8.27. The predicted molar refractivity (Wildman–Crippen MR) is 128 cm³/mol. The van der Waals surface area contributed by atoms with Crippen molar-refractivity contribution in [3.8, 4) is 0 Å². The molecule has 1 aliphatic heterocycles. The van der Waals surface area contributed by atoms with Gasteiger partial charge >= 0.3 is 11.7 Å². The van der Waals surface area contributed by atoms with Crippen molar-refractivity contribution in [2.75, 3.05) is 12.3 Å². The van der Waals surface area contributed by atoms with E-state index in [-0.39, 0.29) is 19.0 Å². The molecule has 0 radical (unpaired) electrons. The van der Waals surface area contributed by atoms with Crippen LogP contribution < -0.4 is 11.4 Å². The van der Waals surface area contributed by atoms with Gasteiger partial charge in [-0.25, -0.2) is 13.6 Å². The van der Waals surface area contributed by atoms with Gasteiger partial charge in [0.1, 0.15) is 11.9 Å². The van der Waals surface area contributed by atoms with Gasteiger partial charge < -0.3 is 24.7 Å². The fraction of sp³-hybridized carbons (Fsp3) is 0.346. The Morgan fingerprint density at radius 3 is 2.27 bits per heavy atom. The number of aromatic nitrogens is 2. The molecule has 0 saturated carbocycles. The zero-order valence-electron chi connectivity index (χ0n) is 20.0. The fourth-order valence-corrected chi connectivity index (χ4v) is 4.19. The summed E-state index contributed by atoms with van der Waals surface area (Å²) in [5, 5.41) is 0. The SMILES string of the molecule is CC(=O)OC1C(n2ccc(N)nc2=O)OC(COCc2ccccc2)(C(F)F)C1OCc1ccccc1. The number of carbonyl (C=O) groups excluding carboxylic acids is 1. The molecule has 0 bridgehead atoms. The van der Waals surface area contributed by atoms with E-state index in [2.05, 4.69) is 4.98 Å². The first-order valence-corrected chi connectivity index (χ1v) is 11.6. The minimum absolute atomic E-state index is 0.0242. The molecule has 196 valence electrons. The Balaban J connectivity index is 1.71. The molecule has 37 heavy (non-hydrogen) atoms. The lowest BCUT2D eigenvalue weighted by molar-refractivity contribution is -0.215. The van der Waals surface area contributed by atoms with Crippen LogP contribution in [0.3, 0.4) is 0 Å². The van der Waals surface area contributed by atoms with E-state index in [0.717, 1.165) is 17.1 Å². The third-order valence-electron chi connectivity index (χ3n) is 5.91. The molecule has 0 spiro atoms. The van der Waals surface area contributed by atoms with Gasteiger partial charge in [0.05, 0.1) is 19.8 Å². The van der Waals surface area contributed by atoms with Crippen molar-refractivity contribution >= 4 is 11.8 Å². The van der Waals surface area contributed by atoms with Gasteiger partial charge in [-0.2, -0.15) is 4.98 Å². The first-order valence-electron chi connectivity index (χ1n) is 11.6. The minimum Gasteiger partial charge on any atom is -0.455 e. The maximum atomic E-state index is 14.9. The molecule has 1 saturated heterocycles. The number of nitrogens with zero attached hydrogens (tertiary/aromatic N) is 2. The number of nitrogens with two attached hydrogens (primary N) is 1. The lowest BCUT2D eigenvalue weighted by atomic mass is 9.95. The molecule has 0 aliphatic carbocycles. The van der Waals surface area contributed by atoms with Gasteiger partial charge in [-0.15, -0.1) is 0 Å². The quantitative estimate of drug-likeness (QED) is 0.410. The van der Waals surface area contributed by atoms with Gasteiger partial charge in [0, 0.05) is 13.1 Å². The summed E-state index contributed by atoms with van der Waals surface area (Å²) in [5.74, 6) is -0.829. The van der Waals surface area contributed by atoms with Crippen molar-refractivity contribution in [1.29, 1.82) is 0 Å². The third kappa shape index (κ3) is 6.01. The Bertz CT molecular complexity index is 1240. The lowest BCUT2D eigenvalue weighted by Crippen LogP contribution is -2.54. The second-order valence-corrected chi connectivity index (χ2v) is 8.58. The third-order valence-corrected chi connectivity index (χ3v) is 5.91. The van der Waals surface area contributed by atoms with Crippen LogP contribution in [0.5, 0.6) is 0 Å². The van der Waals surface area contributed by atoms with Crippen LogP contribution in [0.25, 0.3) is 0 Å². The van der Waals surface area contributed by atoms with Crippen LogP contribution in [0, 0.1) is 0 Å². The van der Waals surface area contributed by atoms with E-state index in [4.69, 9.17) is 24.7 Å². The molecule has 11 heteroatoms. The van der Waals surface area contributed by atoms with Gasteiger partial charge in [-0.05, 0) is 17.2 Å². The van der Waals surface area contributed by atoms with E-state index in [9.17, 15) is 18.4 Å². The number of halogens is 2. The summed E-state index contributed by atoms with van der Waals surface area (Å²) >= 11 is 0. The highest BCUT2D eigenvalue weighted by molar-refractivity contribution is 5.66. The van der Waals surface area contributed by atoms with Crippen molar-refractivity contribution in [3.63, 3.8) is 0 Å². The van der Waals surface area contributed by atoms with Crippen molar-refractivity contribution in [1.82, 2.24) is 9.55 Å². The van der Waals surface area contributed by atoms with Crippen molar-refractivity contribution < 1.29 is 32.5 Å². The van der Waals surface area contributed by atoms with Crippen molar-refractivity contribution in [2.24, 2.45) is 0 Å². The molecule has 3 aromatic rings. The van der Waals surface area contributed by atoms with E-state index < -0.39 is 48.7 Å². The number of hydrogen-bond acceptors (Lipinski definition) is 8. The lowest BCUT2D eigenvalue weighted by Gasteiger charge is -2.33. The van der Waals surface area contributed by atoms with Gasteiger partial charge in [-0.3, -0.25) is 9.36 Å². The van der Waals surface area contributed by atoms with E-state index in [1.807, 2.05) is 6.07 Å². The van der Waals surface area contributed by atoms with Crippen LogP contribution in [0.1, 0.15) is 24.3 Å². The smallest absolute Gasteiger partial charge is 0.351 e. The van der Waals surface area contributed by atoms with Crippen LogP contribution in [0.2, 0.25) is 0 Å². The van der Waals surface area contributed by atoms with Crippen molar-refractivity contribution in [2.45, 2.75) is 50.6 Å². The first-order chi connectivity index (χ1) is 17.8. The standard InChI is InChI=1S/C26H27F2N3O6/c1-17(32)36-21-22(35-15-19-10-6-3-7-11-19)26(24(27)28,16-34-14-18-8-4-2-5-9-18)37-23(21)31-13-12-20(29)30-25(31)33/h2-13,21-24H,14-16H2,1H3,(H2,29,30,33). The van der Waals surface area contributed by atoms with Gasteiger partial charge in [-0.1, -0.05) is 60.7 Å². The normalized spacial score (nSPS) is 23.3. The van der Waals surface area contributed by atoms with Crippen LogP contribution in [-0.2, 0) is 37.0 Å². The molecule has 9 nitrogen and oxygen atoms in total. The second kappa shape index (κ2) is 11.6. The maximum absolute atomic E-state index is 14.9. The molecule has 4 atom stereocenters. The highest BCUT2D eigenvalue weighted by atomic mass is 19.3. The molecular weight excluding hydrogens is 488 g/mol. The summed E-state index contributed by atoms with van der Waals surface area (Å²) < 4.78 is 53.8. The Morgan fingerprint density at radius 1 is 1.08 bits per heavy atom. The predicted octanol–water partition coefficient (Wildman–Crippen LogP) is 3.09. The topological polar surface area (TPSA) is 115 Å². The molecule has 1 aliphatic rings. The Labute approximate surface area is 211 Å². The zero-order valence-corrected chi connectivity index (χ0v) is 20.0. The highest BCUT2D eigenvalue weighted by Gasteiger charge is 2.63. The van der Waals surface area contributed by atoms with Crippen LogP contribution in [-0.4, -0.2) is 46.4 Å². The molecule has 2 aromatic carbocycles. The van der Waals surface area contributed by atoms with E-state index in [1.54, 1.807) is 54.6 Å². The summed E-state index contributed by atoms with van der Waals surface area (Å²) in [6, 6.07) is 19.2. The van der Waals surface area contributed by atoms with Crippen LogP contribution in [0.15, 0.2) is 77.7 Å². The number of anilines is 1. The second-order valence-electron chi connectivity index (χ2n) is 8.58. The number of carbonyl (C=O) groups is 1. The number of nitrogen functional groups attached to an aromatic ring is 1. The average molecular weight is 516 g/mol. The fourth-order valence-electron chi connectivity index (χ4n) is 4.19. The van der Waals surface area contributed by atoms with Gasteiger partial charge in [0.25, 0.3) is 6.43 Å². The Morgan fingerprint density at radius 2 is 1.70 bits per heavy atom. The van der Waals surface area contributed by atoms with E-state index in [0.29, 0.717) is 5.56 Å². The summed E-state index contributed by atoms with van der Waals surface area (Å²) in [6.07, 6.45) is -6.28. The number of hydrogen-bond donors (Lipinski definition) is 1. The largest absolute Gasteiger partial charge is 0.455 e. The summed E-state index contributed by atoms with van der Waals surface area (Å²) in [4.78, 5) is 28.3. The summed E-state index contributed by atoms with van der Waals surface area (Å²) in [5.41, 5.74) is 3.81. The molecule has 4 rings (SSSR count). The summed E-state index contributed by atoms with van der Waals surface area (Å²) in [6.45, 7) is 0.464. The average Bonchev–Trinajstić information content (AvgIpc) is 3.17. The number of ether oxygens (including phenoxy) is 4. The van der Waals surface area contributed by atoms with E-state index >= 15 is 0 Å². The molecule has 4 unspecified atom stereocenters. The molecule has 0 amide bonds. The van der Waals surface area contributed by atoms with Gasteiger partial charge in [0.2, 0.25) is 0 Å². The number of alkyl halides is 2. The van der Waals surface area contributed by atoms with Crippen LogP contribution >= 0.6 is 0 Å². The zero-order chi connectivity index (χ0) is 26.4. The molecule has 1 aromatic heterocycles. The first kappa shape index (κ1) is 26.4. The van der Waals surface area contributed by atoms with E-state index in [1.165, 1.54) is 12.3 Å². The number of benzene rings is 2. The minimum atomic E-state index is -3.13. The monoisotopic (exact) mass is 515 g/mol. The highest BCUT2D eigenvalue weighted by Crippen LogP contribution is 2.44. The number of rotatable bonds is 10. The van der Waals surface area contributed by atoms with Gasteiger partial charge in [0.15, 0.2) is 17.9 Å². The Hall–Kier alpha value is -3.67. The molecule has 1 fully saturated rings. The van der Waals surface area contributed by atoms with Crippen LogP contribution in [0.4, 0.5) is 14.6 Å². The maximum Gasteiger partial charge on any atom is 0.351 e. The summed E-state index contributed by atoms with van der Waals surface area (Å²) in [7, 11) is 0. The van der Waals surface area contributed by atoms with Crippen molar-refractivity contribution in [3.05, 3.63) is 94.5 Å². The molecular formula is C26H27F2N3O6. The molecule has 2 N–H and O–H groups in total.